The molecule has 178 valence electrons. The fraction of sp³-hybridized carbons (Fsp3) is 0.333. The monoisotopic (exact) mass is 474 g/mol. The minimum absolute atomic E-state index is 0.0424. The van der Waals surface area contributed by atoms with Crippen molar-refractivity contribution in [3.63, 3.8) is 0 Å². The van der Waals surface area contributed by atoms with E-state index in [1.54, 1.807) is 6.20 Å². The number of amides is 4. The summed E-state index contributed by atoms with van der Waals surface area (Å²) in [5, 5.41) is 8.66. The van der Waals surface area contributed by atoms with Crippen LogP contribution in [0.25, 0.3) is 22.8 Å². The van der Waals surface area contributed by atoms with Crippen molar-refractivity contribution in [3.05, 3.63) is 48.2 Å². The summed E-state index contributed by atoms with van der Waals surface area (Å²) in [5.41, 5.74) is 0.485. The van der Waals surface area contributed by atoms with Crippen LogP contribution in [-0.4, -0.2) is 57.8 Å². The summed E-state index contributed by atoms with van der Waals surface area (Å²) >= 11 is 0. The molecule has 1 aromatic carbocycles. The third-order valence-corrected chi connectivity index (χ3v) is 6.84. The molecule has 2 N–H and O–H groups in total. The third-order valence-electron chi connectivity index (χ3n) is 6.84. The van der Waals surface area contributed by atoms with Crippen molar-refractivity contribution in [2.45, 2.75) is 38.5 Å². The molecular formula is C24H22N6O5. The van der Waals surface area contributed by atoms with Gasteiger partial charge in [0, 0.05) is 30.3 Å². The highest BCUT2D eigenvalue weighted by molar-refractivity contribution is 6.20. The minimum Gasteiger partial charge on any atom is -0.372 e. The average Bonchev–Trinajstić information content (AvgIpc) is 3.33. The largest absolute Gasteiger partial charge is 0.372 e. The predicted molar refractivity (Wildman–Crippen MR) is 122 cm³/mol. The molecule has 5 heterocycles. The van der Waals surface area contributed by atoms with Crippen LogP contribution < -0.4 is 15.5 Å². The molecule has 0 unspecified atom stereocenters. The van der Waals surface area contributed by atoms with E-state index >= 15 is 0 Å². The Morgan fingerprint density at radius 2 is 1.80 bits per heavy atom. The molecule has 3 aromatic rings. The van der Waals surface area contributed by atoms with Crippen LogP contribution in [0, 0.1) is 5.41 Å². The van der Waals surface area contributed by atoms with Crippen molar-refractivity contribution in [1.82, 2.24) is 25.8 Å². The molecule has 2 fully saturated rings. The standard InChI is InChI=1S/C24H22N6O5/c1-12-11-30-17(13(2)34-12)24(21(31)27-23(33)28-22(24)32)9-15-8-16(10-25-19(15)30)18-26-20(35-29-18)14-6-4-3-5-7-14/h3-8,10,12-13,17H,9,11H2,1-2H3,(H2,27,28,31,32,33)/t12-,13-,17+/m1/s1. The molecular weight excluding hydrogens is 452 g/mol. The van der Waals surface area contributed by atoms with E-state index in [1.807, 2.05) is 55.1 Å². The Morgan fingerprint density at radius 3 is 2.54 bits per heavy atom. The second-order valence-electron chi connectivity index (χ2n) is 9.13. The summed E-state index contributed by atoms with van der Waals surface area (Å²) in [6.45, 7) is 4.19. The van der Waals surface area contributed by atoms with Gasteiger partial charge >= 0.3 is 6.03 Å². The van der Waals surface area contributed by atoms with Crippen LogP contribution in [0.1, 0.15) is 19.4 Å². The number of nitrogens with one attached hydrogen (secondary N) is 2. The molecule has 3 aliphatic heterocycles. The Morgan fingerprint density at radius 1 is 1.06 bits per heavy atom. The average molecular weight is 474 g/mol. The van der Waals surface area contributed by atoms with E-state index in [9.17, 15) is 14.4 Å². The maximum Gasteiger partial charge on any atom is 0.328 e. The molecule has 3 atom stereocenters. The van der Waals surface area contributed by atoms with Crippen LogP contribution in [0.2, 0.25) is 0 Å². The number of barbiturate groups is 1. The summed E-state index contributed by atoms with van der Waals surface area (Å²) in [4.78, 5) is 49.5. The molecule has 3 aliphatic rings. The first kappa shape index (κ1) is 21.4. The number of carbonyl (C=O) groups is 3. The normalized spacial score (nSPS) is 25.0. The summed E-state index contributed by atoms with van der Waals surface area (Å²) in [7, 11) is 0. The lowest BCUT2D eigenvalue weighted by atomic mass is 9.67. The van der Waals surface area contributed by atoms with Gasteiger partial charge in [-0.15, -0.1) is 0 Å². The third kappa shape index (κ3) is 3.22. The Hall–Kier alpha value is -4.12. The van der Waals surface area contributed by atoms with Gasteiger partial charge in [-0.25, -0.2) is 9.78 Å². The molecule has 0 aliphatic carbocycles. The zero-order valence-electron chi connectivity index (χ0n) is 19.0. The van der Waals surface area contributed by atoms with E-state index in [1.165, 1.54) is 0 Å². The van der Waals surface area contributed by atoms with Gasteiger partial charge in [-0.1, -0.05) is 23.4 Å². The molecule has 11 nitrogen and oxygen atoms in total. The molecule has 4 amide bonds. The number of carbonyl (C=O) groups excluding carboxylic acids is 3. The van der Waals surface area contributed by atoms with Gasteiger partial charge < -0.3 is 14.2 Å². The first-order chi connectivity index (χ1) is 16.9. The number of hydrogen-bond acceptors (Lipinski definition) is 9. The molecule has 1 spiro atoms. The van der Waals surface area contributed by atoms with E-state index < -0.39 is 35.4 Å². The van der Waals surface area contributed by atoms with Crippen LogP contribution in [0.15, 0.2) is 47.1 Å². The highest BCUT2D eigenvalue weighted by Crippen LogP contribution is 2.46. The number of urea groups is 1. The predicted octanol–water partition coefficient (Wildman–Crippen LogP) is 1.69. The molecule has 0 radical (unpaired) electrons. The summed E-state index contributed by atoms with van der Waals surface area (Å²) in [5.74, 6) is 0.0825. The maximum atomic E-state index is 13.3. The van der Waals surface area contributed by atoms with Gasteiger partial charge in [-0.05, 0) is 37.6 Å². The first-order valence-electron chi connectivity index (χ1n) is 11.3. The van der Waals surface area contributed by atoms with Crippen LogP contribution in [0.5, 0.6) is 0 Å². The van der Waals surface area contributed by atoms with Crippen LogP contribution >= 0.6 is 0 Å². The fourth-order valence-electron chi connectivity index (χ4n) is 5.46. The number of imide groups is 2. The second kappa shape index (κ2) is 7.70. The lowest BCUT2D eigenvalue weighted by molar-refractivity contribution is -0.153. The van der Waals surface area contributed by atoms with E-state index in [-0.39, 0.29) is 12.5 Å². The first-order valence-corrected chi connectivity index (χ1v) is 11.3. The number of aromatic nitrogens is 3. The van der Waals surface area contributed by atoms with Crippen LogP contribution in [0.3, 0.4) is 0 Å². The SMILES string of the molecule is C[C@@H]1CN2c3ncc(-c4noc(-c5ccccc5)n4)cc3CC3(C(=O)NC(=O)NC3=O)[C@@H]2[C@@H](C)O1. The lowest BCUT2D eigenvalue weighted by Crippen LogP contribution is -2.75. The van der Waals surface area contributed by atoms with Crippen molar-refractivity contribution >= 4 is 23.7 Å². The highest BCUT2D eigenvalue weighted by atomic mass is 16.5. The number of nitrogens with zero attached hydrogens (tertiary/aromatic N) is 4. The maximum absolute atomic E-state index is 13.3. The van der Waals surface area contributed by atoms with E-state index in [0.717, 1.165) is 5.56 Å². The Bertz CT molecular complexity index is 1340. The number of anilines is 1. The zero-order chi connectivity index (χ0) is 24.3. The molecule has 2 saturated heterocycles. The number of ether oxygens (including phenoxy) is 1. The van der Waals surface area contributed by atoms with Crippen molar-refractivity contribution in [2.75, 3.05) is 11.4 Å². The van der Waals surface area contributed by atoms with Crippen molar-refractivity contribution in [3.8, 4) is 22.8 Å². The lowest BCUT2D eigenvalue weighted by Gasteiger charge is -2.54. The smallest absolute Gasteiger partial charge is 0.328 e. The zero-order valence-corrected chi connectivity index (χ0v) is 19.0. The molecule has 35 heavy (non-hydrogen) atoms. The van der Waals surface area contributed by atoms with Gasteiger partial charge in [0.05, 0.1) is 18.2 Å². The second-order valence-corrected chi connectivity index (χ2v) is 9.13. The van der Waals surface area contributed by atoms with Crippen LogP contribution in [-0.2, 0) is 20.7 Å². The number of rotatable bonds is 2. The van der Waals surface area contributed by atoms with Gasteiger partial charge in [0.2, 0.25) is 17.6 Å². The molecule has 0 bridgehead atoms. The summed E-state index contributed by atoms with van der Waals surface area (Å²) in [6, 6.07) is 9.76. The number of benzene rings is 1. The number of pyridine rings is 1. The Balaban J connectivity index is 1.45. The van der Waals surface area contributed by atoms with E-state index in [2.05, 4.69) is 20.8 Å². The molecule has 6 rings (SSSR count). The van der Waals surface area contributed by atoms with E-state index in [4.69, 9.17) is 14.2 Å². The number of morpholine rings is 1. The summed E-state index contributed by atoms with van der Waals surface area (Å²) < 4.78 is 11.5. The van der Waals surface area contributed by atoms with Crippen molar-refractivity contribution < 1.29 is 23.6 Å². The molecule has 0 saturated carbocycles. The van der Waals surface area contributed by atoms with Gasteiger partial charge in [-0.2, -0.15) is 4.98 Å². The van der Waals surface area contributed by atoms with Crippen molar-refractivity contribution in [2.24, 2.45) is 5.41 Å². The Labute approximate surface area is 199 Å². The van der Waals surface area contributed by atoms with Gasteiger partial charge in [0.1, 0.15) is 5.82 Å². The highest BCUT2D eigenvalue weighted by Gasteiger charge is 2.63. The van der Waals surface area contributed by atoms with Gasteiger partial charge in [-0.3, -0.25) is 20.2 Å². The van der Waals surface area contributed by atoms with E-state index in [0.29, 0.717) is 35.2 Å². The molecule has 2 aromatic heterocycles. The Kier molecular flexibility index (Phi) is 4.71. The van der Waals surface area contributed by atoms with Crippen LogP contribution in [0.4, 0.5) is 10.6 Å². The number of hydrogen-bond donors (Lipinski definition) is 2. The number of fused-ring (bicyclic) bond motifs is 4. The van der Waals surface area contributed by atoms with Crippen molar-refractivity contribution in [1.29, 1.82) is 0 Å². The quantitative estimate of drug-likeness (QED) is 0.531. The fourth-order valence-corrected chi connectivity index (χ4v) is 5.46. The topological polar surface area (TPSA) is 140 Å². The molecule has 11 heteroatoms. The summed E-state index contributed by atoms with van der Waals surface area (Å²) in [6.07, 6.45) is 1.10. The minimum atomic E-state index is -1.56. The van der Waals surface area contributed by atoms with Gasteiger partial charge in [0.15, 0.2) is 5.41 Å². The van der Waals surface area contributed by atoms with Gasteiger partial charge in [0.25, 0.3) is 5.89 Å².